The van der Waals surface area contributed by atoms with Gasteiger partial charge in [-0.05, 0) is 24.1 Å². The first kappa shape index (κ1) is 11.2. The number of methoxy groups -OCH3 is 1. The van der Waals surface area contributed by atoms with Gasteiger partial charge >= 0.3 is 0 Å². The van der Waals surface area contributed by atoms with Gasteiger partial charge in [0.15, 0.2) is 0 Å². The zero-order chi connectivity index (χ0) is 12.9. The lowest BCUT2D eigenvalue weighted by Gasteiger charge is -2.19. The highest BCUT2D eigenvalue weighted by atomic mass is 16.5. The smallest absolute Gasteiger partial charge is 0.237 e. The zero-order valence-corrected chi connectivity index (χ0v) is 10.1. The molecule has 5 nitrogen and oxygen atoms in total. The summed E-state index contributed by atoms with van der Waals surface area (Å²) < 4.78 is 5.25. The van der Waals surface area contributed by atoms with E-state index in [0.717, 1.165) is 5.56 Å². The Kier molecular flexibility index (Phi) is 2.38. The predicted octanol–water partition coefficient (Wildman–Crippen LogP) is 0.663. The first-order valence-corrected chi connectivity index (χ1v) is 5.92. The molecule has 0 aromatic heterocycles. The van der Waals surface area contributed by atoms with E-state index in [1.54, 1.807) is 12.1 Å². The van der Waals surface area contributed by atoms with E-state index >= 15 is 0 Å². The van der Waals surface area contributed by atoms with E-state index in [4.69, 9.17) is 10.5 Å². The number of carbonyl (C=O) groups is 2. The molecular formula is C13H14N2O3. The van der Waals surface area contributed by atoms with Crippen LogP contribution in [0, 0.1) is 11.8 Å². The number of carbonyl (C=O) groups excluding carboxylic acids is 2. The number of ether oxygens (including phenoxy) is 1. The first-order chi connectivity index (χ1) is 8.67. The number of amides is 2. The van der Waals surface area contributed by atoms with Gasteiger partial charge in [-0.2, -0.15) is 0 Å². The van der Waals surface area contributed by atoms with Crippen molar-refractivity contribution >= 4 is 17.5 Å². The summed E-state index contributed by atoms with van der Waals surface area (Å²) in [5.41, 5.74) is 6.99. The number of benzene rings is 1. The second-order valence-corrected chi connectivity index (χ2v) is 4.67. The van der Waals surface area contributed by atoms with Crippen molar-refractivity contribution in [3.05, 3.63) is 23.8 Å². The standard InChI is InChI=1S/C13H14N2O3/c1-18-11-4-7(6-14)2-3-10(11)15-12(16)8-5-9(8)13(15)17/h2-4,8-9H,5-6,14H2,1H3. The molecule has 0 bridgehead atoms. The van der Waals surface area contributed by atoms with Crippen LogP contribution in [0.5, 0.6) is 5.75 Å². The molecule has 3 rings (SSSR count). The Labute approximate surface area is 105 Å². The van der Waals surface area contributed by atoms with Gasteiger partial charge in [0.2, 0.25) is 11.8 Å². The summed E-state index contributed by atoms with van der Waals surface area (Å²) in [4.78, 5) is 25.3. The van der Waals surface area contributed by atoms with Crippen LogP contribution in [0.3, 0.4) is 0 Å². The normalized spacial score (nSPS) is 25.3. The Morgan fingerprint density at radius 1 is 1.33 bits per heavy atom. The minimum Gasteiger partial charge on any atom is -0.495 e. The average Bonchev–Trinajstić information content (AvgIpc) is 3.14. The molecule has 0 radical (unpaired) electrons. The molecule has 1 aromatic rings. The first-order valence-electron chi connectivity index (χ1n) is 5.92. The van der Waals surface area contributed by atoms with Crippen LogP contribution in [-0.2, 0) is 16.1 Å². The van der Waals surface area contributed by atoms with E-state index in [0.29, 0.717) is 24.4 Å². The van der Waals surface area contributed by atoms with Gasteiger partial charge in [-0.15, -0.1) is 0 Å². The summed E-state index contributed by atoms with van der Waals surface area (Å²) in [6.07, 6.45) is 0.706. The third-order valence-corrected chi connectivity index (χ3v) is 3.59. The molecule has 1 aliphatic heterocycles. The SMILES string of the molecule is COc1cc(CN)ccc1N1C(=O)C2CC2C1=O. The van der Waals surface area contributed by atoms with Gasteiger partial charge in [0.1, 0.15) is 5.75 Å². The molecule has 1 aromatic carbocycles. The molecule has 2 fully saturated rings. The molecule has 2 N–H and O–H groups in total. The fourth-order valence-electron chi connectivity index (χ4n) is 2.45. The van der Waals surface area contributed by atoms with Crippen molar-refractivity contribution in [1.29, 1.82) is 0 Å². The minimum atomic E-state index is -0.108. The van der Waals surface area contributed by atoms with E-state index in [1.165, 1.54) is 12.0 Å². The lowest BCUT2D eigenvalue weighted by atomic mass is 10.1. The fraction of sp³-hybridized carbons (Fsp3) is 0.385. The molecular weight excluding hydrogens is 232 g/mol. The van der Waals surface area contributed by atoms with Gasteiger partial charge in [0.25, 0.3) is 0 Å². The molecule has 94 valence electrons. The summed E-state index contributed by atoms with van der Waals surface area (Å²) in [6.45, 7) is 0.393. The van der Waals surface area contributed by atoms with Crippen LogP contribution >= 0.6 is 0 Å². The summed E-state index contributed by atoms with van der Waals surface area (Å²) in [5, 5.41) is 0. The highest BCUT2D eigenvalue weighted by Gasteiger charge is 2.59. The van der Waals surface area contributed by atoms with E-state index in [9.17, 15) is 9.59 Å². The number of hydrogen-bond donors (Lipinski definition) is 1. The van der Waals surface area contributed by atoms with Gasteiger partial charge in [0.05, 0.1) is 24.6 Å². The van der Waals surface area contributed by atoms with Gasteiger partial charge in [0, 0.05) is 6.54 Å². The predicted molar refractivity (Wildman–Crippen MR) is 65.0 cm³/mol. The number of rotatable bonds is 3. The second-order valence-electron chi connectivity index (χ2n) is 4.67. The lowest BCUT2D eigenvalue weighted by molar-refractivity contribution is -0.123. The Bertz CT molecular complexity index is 521. The largest absolute Gasteiger partial charge is 0.495 e. The molecule has 2 aliphatic rings. The number of fused-ring (bicyclic) bond motifs is 1. The van der Waals surface area contributed by atoms with Crippen LogP contribution in [0.1, 0.15) is 12.0 Å². The summed E-state index contributed by atoms with van der Waals surface area (Å²) >= 11 is 0. The maximum Gasteiger partial charge on any atom is 0.237 e. The highest BCUT2D eigenvalue weighted by Crippen LogP contribution is 2.49. The van der Waals surface area contributed by atoms with E-state index in [2.05, 4.69) is 0 Å². The third kappa shape index (κ3) is 1.44. The van der Waals surface area contributed by atoms with Crippen molar-refractivity contribution < 1.29 is 14.3 Å². The second kappa shape index (κ2) is 3.81. The van der Waals surface area contributed by atoms with Gasteiger partial charge in [-0.25, -0.2) is 4.90 Å². The topological polar surface area (TPSA) is 72.6 Å². The number of imide groups is 1. The quantitative estimate of drug-likeness (QED) is 0.795. The summed E-state index contributed by atoms with van der Waals surface area (Å²) in [6, 6.07) is 5.30. The van der Waals surface area contributed by atoms with Gasteiger partial charge in [-0.1, -0.05) is 6.07 Å². The van der Waals surface area contributed by atoms with Crippen LogP contribution in [0.15, 0.2) is 18.2 Å². The van der Waals surface area contributed by atoms with E-state index in [1.807, 2.05) is 6.07 Å². The molecule has 1 saturated heterocycles. The van der Waals surface area contributed by atoms with Crippen LogP contribution < -0.4 is 15.4 Å². The Morgan fingerprint density at radius 3 is 2.56 bits per heavy atom. The molecule has 1 saturated carbocycles. The fourth-order valence-corrected chi connectivity index (χ4v) is 2.45. The molecule has 18 heavy (non-hydrogen) atoms. The Morgan fingerprint density at radius 2 is 2.00 bits per heavy atom. The number of nitrogens with zero attached hydrogens (tertiary/aromatic N) is 1. The van der Waals surface area contributed by atoms with Crippen molar-refractivity contribution in [2.75, 3.05) is 12.0 Å². The summed E-state index contributed by atoms with van der Waals surface area (Å²) in [7, 11) is 1.52. The maximum atomic E-state index is 12.0. The van der Waals surface area contributed by atoms with Crippen molar-refractivity contribution in [2.45, 2.75) is 13.0 Å². The molecule has 5 heteroatoms. The average molecular weight is 246 g/mol. The van der Waals surface area contributed by atoms with Crippen LogP contribution in [0.4, 0.5) is 5.69 Å². The van der Waals surface area contributed by atoms with Crippen LogP contribution in [0.25, 0.3) is 0 Å². The van der Waals surface area contributed by atoms with Gasteiger partial charge in [-0.3, -0.25) is 9.59 Å². The monoisotopic (exact) mass is 246 g/mol. The molecule has 0 spiro atoms. The Balaban J connectivity index is 2.01. The molecule has 2 amide bonds. The molecule has 1 heterocycles. The lowest BCUT2D eigenvalue weighted by Crippen LogP contribution is -2.33. The number of anilines is 1. The highest BCUT2D eigenvalue weighted by molar-refractivity contribution is 6.25. The van der Waals surface area contributed by atoms with Crippen LogP contribution in [0.2, 0.25) is 0 Å². The van der Waals surface area contributed by atoms with Crippen molar-refractivity contribution in [2.24, 2.45) is 17.6 Å². The number of hydrogen-bond acceptors (Lipinski definition) is 4. The third-order valence-electron chi connectivity index (χ3n) is 3.59. The van der Waals surface area contributed by atoms with Crippen molar-refractivity contribution in [3.8, 4) is 5.75 Å². The zero-order valence-electron chi connectivity index (χ0n) is 10.1. The van der Waals surface area contributed by atoms with Crippen molar-refractivity contribution in [1.82, 2.24) is 0 Å². The number of piperidine rings is 1. The van der Waals surface area contributed by atoms with Crippen molar-refractivity contribution in [3.63, 3.8) is 0 Å². The molecule has 2 atom stereocenters. The van der Waals surface area contributed by atoms with E-state index < -0.39 is 0 Å². The molecule has 1 aliphatic carbocycles. The van der Waals surface area contributed by atoms with Gasteiger partial charge < -0.3 is 10.5 Å². The number of nitrogens with two attached hydrogens (primary N) is 1. The summed E-state index contributed by atoms with van der Waals surface area (Å²) in [5.74, 6) is 0.0985. The minimum absolute atomic E-state index is 0.101. The molecule has 2 unspecified atom stereocenters. The Hall–Kier alpha value is -1.88. The van der Waals surface area contributed by atoms with Crippen LogP contribution in [-0.4, -0.2) is 18.9 Å². The maximum absolute atomic E-state index is 12.0. The van der Waals surface area contributed by atoms with E-state index in [-0.39, 0.29) is 23.7 Å².